The van der Waals surface area contributed by atoms with Gasteiger partial charge in [-0.1, -0.05) is 29.8 Å². The van der Waals surface area contributed by atoms with Crippen molar-refractivity contribution in [2.24, 2.45) is 0 Å². The Morgan fingerprint density at radius 2 is 1.78 bits per heavy atom. The van der Waals surface area contributed by atoms with Crippen molar-refractivity contribution in [3.63, 3.8) is 0 Å². The summed E-state index contributed by atoms with van der Waals surface area (Å²) in [7, 11) is 0. The lowest BCUT2D eigenvalue weighted by Crippen LogP contribution is -2.13. The number of aryl methyl sites for hydroxylation is 2. The number of benzene rings is 2. The Labute approximate surface area is 164 Å². The van der Waals surface area contributed by atoms with Crippen LogP contribution in [-0.2, 0) is 6.42 Å². The molecular weight excluding hydrogens is 358 g/mol. The molecule has 0 saturated heterocycles. The lowest BCUT2D eigenvalue weighted by molar-refractivity contribution is 0.102. The first-order valence-corrected chi connectivity index (χ1v) is 9.22. The second-order valence-corrected chi connectivity index (χ2v) is 6.92. The fourth-order valence-corrected chi connectivity index (χ4v) is 2.77. The van der Waals surface area contributed by atoms with E-state index in [0.717, 1.165) is 29.4 Å². The van der Waals surface area contributed by atoms with Crippen LogP contribution >= 0.6 is 11.6 Å². The van der Waals surface area contributed by atoms with Gasteiger partial charge in [0, 0.05) is 17.1 Å². The zero-order chi connectivity index (χ0) is 19.2. The molecule has 0 radical (unpaired) electrons. The molecule has 3 rings (SSSR count). The number of pyridine rings is 1. The highest BCUT2D eigenvalue weighted by Gasteiger charge is 2.07. The second kappa shape index (κ2) is 8.69. The van der Waals surface area contributed by atoms with Gasteiger partial charge in [0.1, 0.15) is 5.82 Å². The predicted molar refractivity (Wildman–Crippen MR) is 112 cm³/mol. The standard InChI is InChI=1S/C22H22ClN3O/c1-15-3-6-18(13-16(15)2)22(27)26-20-9-10-21(25-14-20)24-12-11-17-4-7-19(23)8-5-17/h3-10,13-14H,11-12H2,1-2H3,(H,24,25)(H,26,27). The summed E-state index contributed by atoms with van der Waals surface area (Å²) >= 11 is 5.89. The van der Waals surface area contributed by atoms with E-state index in [-0.39, 0.29) is 5.91 Å². The van der Waals surface area contributed by atoms with Crippen LogP contribution < -0.4 is 10.6 Å². The van der Waals surface area contributed by atoms with E-state index in [0.29, 0.717) is 11.3 Å². The normalized spacial score (nSPS) is 10.5. The summed E-state index contributed by atoms with van der Waals surface area (Å²) < 4.78 is 0. The van der Waals surface area contributed by atoms with Gasteiger partial charge in [-0.05, 0) is 73.4 Å². The first kappa shape index (κ1) is 18.9. The van der Waals surface area contributed by atoms with Gasteiger partial charge in [0.25, 0.3) is 5.91 Å². The van der Waals surface area contributed by atoms with Crippen molar-refractivity contribution in [2.75, 3.05) is 17.2 Å². The lowest BCUT2D eigenvalue weighted by atomic mass is 10.1. The molecule has 0 unspecified atom stereocenters. The fraction of sp³-hybridized carbons (Fsp3) is 0.182. The molecule has 1 heterocycles. The number of hydrogen-bond acceptors (Lipinski definition) is 3. The topological polar surface area (TPSA) is 54.0 Å². The molecular formula is C22H22ClN3O. The van der Waals surface area contributed by atoms with Gasteiger partial charge in [0.05, 0.1) is 11.9 Å². The largest absolute Gasteiger partial charge is 0.370 e. The maximum atomic E-state index is 12.4. The van der Waals surface area contributed by atoms with Crippen molar-refractivity contribution in [1.29, 1.82) is 0 Å². The number of amides is 1. The molecule has 0 aliphatic carbocycles. The van der Waals surface area contributed by atoms with E-state index in [1.807, 2.05) is 68.4 Å². The number of nitrogens with zero attached hydrogens (tertiary/aromatic N) is 1. The Bertz CT molecular complexity index is 921. The van der Waals surface area contributed by atoms with Gasteiger partial charge in [0.15, 0.2) is 0 Å². The van der Waals surface area contributed by atoms with Crippen LogP contribution in [0.2, 0.25) is 5.02 Å². The summed E-state index contributed by atoms with van der Waals surface area (Å²) in [6, 6.07) is 17.2. The number of aromatic nitrogens is 1. The average Bonchev–Trinajstić information content (AvgIpc) is 2.67. The molecule has 27 heavy (non-hydrogen) atoms. The lowest BCUT2D eigenvalue weighted by Gasteiger charge is -2.09. The molecule has 2 N–H and O–H groups in total. The molecule has 0 aliphatic heterocycles. The molecule has 2 aromatic carbocycles. The van der Waals surface area contributed by atoms with Gasteiger partial charge in [-0.2, -0.15) is 0 Å². The zero-order valence-corrected chi connectivity index (χ0v) is 16.2. The number of nitrogens with one attached hydrogen (secondary N) is 2. The summed E-state index contributed by atoms with van der Waals surface area (Å²) in [5.74, 6) is 0.636. The third-order valence-corrected chi connectivity index (χ3v) is 4.68. The number of hydrogen-bond donors (Lipinski definition) is 2. The van der Waals surface area contributed by atoms with Gasteiger partial charge >= 0.3 is 0 Å². The Kier molecular flexibility index (Phi) is 6.09. The highest BCUT2D eigenvalue weighted by molar-refractivity contribution is 6.30. The molecule has 5 heteroatoms. The summed E-state index contributed by atoms with van der Waals surface area (Å²) in [5, 5.41) is 6.90. The molecule has 0 bridgehead atoms. The van der Waals surface area contributed by atoms with Crippen LogP contribution in [0, 0.1) is 13.8 Å². The first-order chi connectivity index (χ1) is 13.0. The minimum Gasteiger partial charge on any atom is -0.370 e. The Balaban J connectivity index is 1.52. The van der Waals surface area contributed by atoms with Crippen molar-refractivity contribution >= 4 is 29.0 Å². The van der Waals surface area contributed by atoms with Gasteiger partial charge in [-0.25, -0.2) is 4.98 Å². The number of anilines is 2. The average molecular weight is 380 g/mol. The number of rotatable bonds is 6. The molecule has 0 aliphatic rings. The minimum atomic E-state index is -0.136. The van der Waals surface area contributed by atoms with Crippen LogP contribution in [0.3, 0.4) is 0 Å². The molecule has 0 saturated carbocycles. The number of halogens is 1. The Morgan fingerprint density at radius 3 is 2.44 bits per heavy atom. The zero-order valence-electron chi connectivity index (χ0n) is 15.4. The second-order valence-electron chi connectivity index (χ2n) is 6.49. The summed E-state index contributed by atoms with van der Waals surface area (Å²) in [4.78, 5) is 16.7. The Morgan fingerprint density at radius 1 is 1.00 bits per heavy atom. The number of carbonyl (C=O) groups is 1. The predicted octanol–water partition coefficient (Wildman–Crippen LogP) is 5.26. The molecule has 4 nitrogen and oxygen atoms in total. The molecule has 1 aromatic heterocycles. The fourth-order valence-electron chi connectivity index (χ4n) is 2.64. The molecule has 1 amide bonds. The van der Waals surface area contributed by atoms with Gasteiger partial charge in [-0.3, -0.25) is 4.79 Å². The van der Waals surface area contributed by atoms with Crippen molar-refractivity contribution in [3.05, 3.63) is 88.1 Å². The van der Waals surface area contributed by atoms with Crippen LogP contribution in [0.4, 0.5) is 11.5 Å². The van der Waals surface area contributed by atoms with Crippen LogP contribution in [0.5, 0.6) is 0 Å². The van der Waals surface area contributed by atoms with E-state index in [4.69, 9.17) is 11.6 Å². The van der Waals surface area contributed by atoms with Crippen molar-refractivity contribution in [3.8, 4) is 0 Å². The first-order valence-electron chi connectivity index (χ1n) is 8.84. The molecule has 0 fully saturated rings. The summed E-state index contributed by atoms with van der Waals surface area (Å²) in [6.07, 6.45) is 2.54. The third kappa shape index (κ3) is 5.31. The highest BCUT2D eigenvalue weighted by atomic mass is 35.5. The van der Waals surface area contributed by atoms with Crippen molar-refractivity contribution < 1.29 is 4.79 Å². The van der Waals surface area contributed by atoms with Crippen LogP contribution in [0.15, 0.2) is 60.8 Å². The summed E-state index contributed by atoms with van der Waals surface area (Å²) in [5.41, 5.74) is 4.79. The maximum Gasteiger partial charge on any atom is 0.255 e. The Hall–Kier alpha value is -2.85. The molecule has 0 spiro atoms. The monoisotopic (exact) mass is 379 g/mol. The van der Waals surface area contributed by atoms with Crippen molar-refractivity contribution in [2.45, 2.75) is 20.3 Å². The maximum absolute atomic E-state index is 12.4. The van der Waals surface area contributed by atoms with E-state index < -0.39 is 0 Å². The SMILES string of the molecule is Cc1ccc(C(=O)Nc2ccc(NCCc3ccc(Cl)cc3)nc2)cc1C. The van der Waals surface area contributed by atoms with Crippen molar-refractivity contribution in [1.82, 2.24) is 4.98 Å². The smallest absolute Gasteiger partial charge is 0.255 e. The van der Waals surface area contributed by atoms with Crippen LogP contribution in [0.25, 0.3) is 0 Å². The van der Waals surface area contributed by atoms with Gasteiger partial charge in [-0.15, -0.1) is 0 Å². The number of carbonyl (C=O) groups excluding carboxylic acids is 1. The van der Waals surface area contributed by atoms with Gasteiger partial charge < -0.3 is 10.6 Å². The summed E-state index contributed by atoms with van der Waals surface area (Å²) in [6.45, 7) is 4.79. The molecule has 138 valence electrons. The minimum absolute atomic E-state index is 0.136. The van der Waals surface area contributed by atoms with E-state index in [2.05, 4.69) is 15.6 Å². The van der Waals surface area contributed by atoms with E-state index in [9.17, 15) is 4.79 Å². The highest BCUT2D eigenvalue weighted by Crippen LogP contribution is 2.14. The van der Waals surface area contributed by atoms with E-state index >= 15 is 0 Å². The van der Waals surface area contributed by atoms with Gasteiger partial charge in [0.2, 0.25) is 0 Å². The van der Waals surface area contributed by atoms with E-state index in [1.165, 1.54) is 11.1 Å². The third-order valence-electron chi connectivity index (χ3n) is 4.42. The van der Waals surface area contributed by atoms with E-state index in [1.54, 1.807) is 6.20 Å². The quantitative estimate of drug-likeness (QED) is 0.614. The van der Waals surface area contributed by atoms with Crippen LogP contribution in [-0.4, -0.2) is 17.4 Å². The molecule has 0 atom stereocenters. The molecule has 3 aromatic rings. The van der Waals surface area contributed by atoms with Crippen LogP contribution in [0.1, 0.15) is 27.0 Å².